The fourth-order valence-electron chi connectivity index (χ4n) is 2.08. The van der Waals surface area contributed by atoms with Gasteiger partial charge in [0, 0.05) is 18.9 Å². The molecule has 3 heteroatoms. The Hall–Kier alpha value is -1.61. The Morgan fingerprint density at radius 2 is 2.13 bits per heavy atom. The van der Waals surface area contributed by atoms with Crippen molar-refractivity contribution in [2.24, 2.45) is 0 Å². The number of fused-ring (bicyclic) bond motifs is 1. The highest BCUT2D eigenvalue weighted by Crippen LogP contribution is 2.28. The van der Waals surface area contributed by atoms with Crippen LogP contribution in [0.2, 0.25) is 0 Å². The summed E-state index contributed by atoms with van der Waals surface area (Å²) in [5.41, 5.74) is 2.52. The van der Waals surface area contributed by atoms with Crippen LogP contribution in [-0.4, -0.2) is 11.5 Å². The summed E-state index contributed by atoms with van der Waals surface area (Å²) in [6.07, 6.45) is 6.45. The van der Waals surface area contributed by atoms with Gasteiger partial charge in [-0.2, -0.15) is 0 Å². The molecular formula is C12H12N2O. The van der Waals surface area contributed by atoms with Crippen LogP contribution in [-0.2, 0) is 6.42 Å². The van der Waals surface area contributed by atoms with E-state index in [9.17, 15) is 0 Å². The van der Waals surface area contributed by atoms with E-state index >= 15 is 0 Å². The van der Waals surface area contributed by atoms with E-state index in [2.05, 4.69) is 16.4 Å². The molecule has 0 fully saturated rings. The number of hydrogen-bond donors (Lipinski definition) is 1. The molecule has 0 bridgehead atoms. The molecule has 0 aromatic carbocycles. The monoisotopic (exact) mass is 200 g/mol. The molecule has 1 aliphatic heterocycles. The van der Waals surface area contributed by atoms with Gasteiger partial charge in [0.2, 0.25) is 0 Å². The molecule has 0 aliphatic carbocycles. The number of hydrogen-bond acceptors (Lipinski definition) is 3. The first-order chi connectivity index (χ1) is 7.45. The van der Waals surface area contributed by atoms with Gasteiger partial charge in [-0.25, -0.2) is 0 Å². The Morgan fingerprint density at radius 3 is 3.00 bits per heavy atom. The van der Waals surface area contributed by atoms with Gasteiger partial charge in [-0.05, 0) is 35.7 Å². The molecule has 2 aromatic heterocycles. The molecule has 1 aliphatic rings. The number of nitrogens with zero attached hydrogens (tertiary/aromatic N) is 1. The maximum absolute atomic E-state index is 5.54. The normalized spacial score (nSPS) is 19.9. The molecule has 0 saturated carbocycles. The summed E-state index contributed by atoms with van der Waals surface area (Å²) in [5.74, 6) is 1.05. The average molecular weight is 200 g/mol. The molecule has 1 N–H and O–H groups in total. The quantitative estimate of drug-likeness (QED) is 0.764. The highest BCUT2D eigenvalue weighted by molar-refractivity contribution is 5.32. The van der Waals surface area contributed by atoms with E-state index in [0.29, 0.717) is 0 Å². The van der Waals surface area contributed by atoms with Crippen molar-refractivity contribution in [1.82, 2.24) is 10.3 Å². The molecule has 1 unspecified atom stereocenters. The first-order valence-electron chi connectivity index (χ1n) is 5.15. The largest absolute Gasteiger partial charge is 0.467 e. The van der Waals surface area contributed by atoms with Crippen molar-refractivity contribution < 1.29 is 4.42 Å². The van der Waals surface area contributed by atoms with Crippen molar-refractivity contribution in [1.29, 1.82) is 0 Å². The Morgan fingerprint density at radius 1 is 1.27 bits per heavy atom. The number of furan rings is 1. The molecule has 3 heterocycles. The van der Waals surface area contributed by atoms with Crippen molar-refractivity contribution in [3.63, 3.8) is 0 Å². The lowest BCUT2D eigenvalue weighted by Gasteiger charge is -2.22. The molecule has 3 nitrogen and oxygen atoms in total. The molecular weight excluding hydrogens is 188 g/mol. The molecule has 1 atom stereocenters. The Kier molecular flexibility index (Phi) is 2.03. The van der Waals surface area contributed by atoms with Crippen LogP contribution in [0.4, 0.5) is 0 Å². The minimum absolute atomic E-state index is 0.187. The van der Waals surface area contributed by atoms with Crippen molar-refractivity contribution in [2.75, 3.05) is 6.54 Å². The highest BCUT2D eigenvalue weighted by Gasteiger charge is 2.23. The second-order valence-corrected chi connectivity index (χ2v) is 3.73. The van der Waals surface area contributed by atoms with E-state index in [-0.39, 0.29) is 6.04 Å². The second-order valence-electron chi connectivity index (χ2n) is 3.73. The minimum Gasteiger partial charge on any atom is -0.467 e. The SMILES string of the molecule is c1cc(C2NCCc3ccoc32)ccn1. The zero-order chi connectivity index (χ0) is 10.1. The topological polar surface area (TPSA) is 38.1 Å². The fourth-order valence-corrected chi connectivity index (χ4v) is 2.08. The van der Waals surface area contributed by atoms with Gasteiger partial charge in [0.25, 0.3) is 0 Å². The third kappa shape index (κ3) is 1.45. The summed E-state index contributed by atoms with van der Waals surface area (Å²) in [6, 6.07) is 6.29. The molecule has 3 rings (SSSR count). The molecule has 0 saturated heterocycles. The maximum atomic E-state index is 5.54. The van der Waals surface area contributed by atoms with Crippen LogP contribution in [0.5, 0.6) is 0 Å². The predicted octanol–water partition coefficient (Wildman–Crippen LogP) is 1.91. The van der Waals surface area contributed by atoms with Crippen LogP contribution in [0.3, 0.4) is 0 Å². The summed E-state index contributed by atoms with van der Waals surface area (Å²) in [4.78, 5) is 4.03. The van der Waals surface area contributed by atoms with Gasteiger partial charge in [-0.15, -0.1) is 0 Å². The summed E-state index contributed by atoms with van der Waals surface area (Å²) in [7, 11) is 0. The van der Waals surface area contributed by atoms with Crippen LogP contribution in [0, 0.1) is 0 Å². The van der Waals surface area contributed by atoms with Crippen LogP contribution in [0.15, 0.2) is 41.3 Å². The predicted molar refractivity (Wildman–Crippen MR) is 56.5 cm³/mol. The van der Waals surface area contributed by atoms with Crippen LogP contribution >= 0.6 is 0 Å². The van der Waals surface area contributed by atoms with Crippen LogP contribution < -0.4 is 5.32 Å². The molecule has 0 radical (unpaired) electrons. The van der Waals surface area contributed by atoms with E-state index in [4.69, 9.17) is 4.42 Å². The lowest BCUT2D eigenvalue weighted by atomic mass is 9.98. The van der Waals surface area contributed by atoms with Crippen molar-refractivity contribution >= 4 is 0 Å². The Balaban J connectivity index is 2.03. The molecule has 0 amide bonds. The fraction of sp³-hybridized carbons (Fsp3) is 0.250. The van der Waals surface area contributed by atoms with Crippen molar-refractivity contribution in [3.8, 4) is 0 Å². The molecule has 76 valence electrons. The molecule has 0 spiro atoms. The Bertz CT molecular complexity index is 450. The number of nitrogens with one attached hydrogen (secondary N) is 1. The number of rotatable bonds is 1. The Labute approximate surface area is 88.1 Å². The number of pyridine rings is 1. The van der Waals surface area contributed by atoms with Gasteiger partial charge in [-0.3, -0.25) is 4.98 Å². The lowest BCUT2D eigenvalue weighted by molar-refractivity contribution is 0.425. The third-order valence-electron chi connectivity index (χ3n) is 2.83. The van der Waals surface area contributed by atoms with E-state index in [0.717, 1.165) is 18.7 Å². The lowest BCUT2D eigenvalue weighted by Crippen LogP contribution is -2.29. The van der Waals surface area contributed by atoms with E-state index < -0.39 is 0 Å². The van der Waals surface area contributed by atoms with Gasteiger partial charge in [0.1, 0.15) is 5.76 Å². The van der Waals surface area contributed by atoms with E-state index in [1.807, 2.05) is 24.5 Å². The van der Waals surface area contributed by atoms with E-state index in [1.165, 1.54) is 11.1 Å². The zero-order valence-corrected chi connectivity index (χ0v) is 8.31. The van der Waals surface area contributed by atoms with Crippen LogP contribution in [0.1, 0.15) is 22.9 Å². The summed E-state index contributed by atoms with van der Waals surface area (Å²) in [6.45, 7) is 1.000. The van der Waals surface area contributed by atoms with Gasteiger partial charge in [0.15, 0.2) is 0 Å². The zero-order valence-electron chi connectivity index (χ0n) is 8.31. The van der Waals surface area contributed by atoms with E-state index in [1.54, 1.807) is 6.26 Å². The first-order valence-corrected chi connectivity index (χ1v) is 5.15. The first kappa shape index (κ1) is 8.68. The van der Waals surface area contributed by atoms with Gasteiger partial charge in [0.05, 0.1) is 12.3 Å². The molecule has 2 aromatic rings. The molecule has 15 heavy (non-hydrogen) atoms. The van der Waals surface area contributed by atoms with Crippen molar-refractivity contribution in [3.05, 3.63) is 53.7 Å². The summed E-state index contributed by atoms with van der Waals surface area (Å²) < 4.78 is 5.54. The third-order valence-corrected chi connectivity index (χ3v) is 2.83. The van der Waals surface area contributed by atoms with Crippen molar-refractivity contribution in [2.45, 2.75) is 12.5 Å². The van der Waals surface area contributed by atoms with Gasteiger partial charge >= 0.3 is 0 Å². The smallest absolute Gasteiger partial charge is 0.128 e. The summed E-state index contributed by atoms with van der Waals surface area (Å²) in [5, 5.41) is 3.46. The summed E-state index contributed by atoms with van der Waals surface area (Å²) >= 11 is 0. The standard InChI is InChI=1S/C12H12N2O/c1-5-13-6-2-9(1)11-12-10(3-7-14-11)4-8-15-12/h1-2,4-6,8,11,14H,3,7H2. The van der Waals surface area contributed by atoms with Crippen LogP contribution in [0.25, 0.3) is 0 Å². The maximum Gasteiger partial charge on any atom is 0.128 e. The number of aromatic nitrogens is 1. The second kappa shape index (κ2) is 3.51. The van der Waals surface area contributed by atoms with Gasteiger partial charge in [-0.1, -0.05) is 0 Å². The average Bonchev–Trinajstić information content (AvgIpc) is 2.78. The van der Waals surface area contributed by atoms with Gasteiger partial charge < -0.3 is 9.73 Å². The minimum atomic E-state index is 0.187. The highest BCUT2D eigenvalue weighted by atomic mass is 16.3.